The van der Waals surface area contributed by atoms with Gasteiger partial charge in [-0.15, -0.1) is 0 Å². The fourth-order valence-corrected chi connectivity index (χ4v) is 3.35. The average molecular weight is 377 g/mol. The summed E-state index contributed by atoms with van der Waals surface area (Å²) in [6.07, 6.45) is 1.88. The van der Waals surface area contributed by atoms with Crippen molar-refractivity contribution < 1.29 is 14.3 Å². The summed E-state index contributed by atoms with van der Waals surface area (Å²) in [7, 11) is 1.59. The van der Waals surface area contributed by atoms with E-state index in [1.54, 1.807) is 19.2 Å². The van der Waals surface area contributed by atoms with Gasteiger partial charge in [-0.3, -0.25) is 4.79 Å². The molecule has 1 aliphatic heterocycles. The van der Waals surface area contributed by atoms with Gasteiger partial charge in [-0.1, -0.05) is 24.3 Å². The molecule has 0 aliphatic carbocycles. The van der Waals surface area contributed by atoms with Crippen LogP contribution >= 0.6 is 0 Å². The highest BCUT2D eigenvalue weighted by Gasteiger charge is 2.22. The second kappa shape index (κ2) is 8.27. The second-order valence-corrected chi connectivity index (χ2v) is 6.79. The van der Waals surface area contributed by atoms with Gasteiger partial charge in [0, 0.05) is 17.1 Å². The Kier molecular flexibility index (Phi) is 5.39. The summed E-state index contributed by atoms with van der Waals surface area (Å²) < 4.78 is 11.3. The van der Waals surface area contributed by atoms with Crippen molar-refractivity contribution in [3.8, 4) is 11.5 Å². The van der Waals surface area contributed by atoms with Gasteiger partial charge in [0.15, 0.2) is 11.5 Å². The number of carbonyl (C=O) groups excluding carboxylic acids is 1. The number of para-hydroxylation sites is 1. The quantitative estimate of drug-likeness (QED) is 0.688. The van der Waals surface area contributed by atoms with Gasteiger partial charge in [0.25, 0.3) is 0 Å². The Morgan fingerprint density at radius 3 is 2.89 bits per heavy atom. The van der Waals surface area contributed by atoms with Crippen molar-refractivity contribution in [1.82, 2.24) is 10.3 Å². The summed E-state index contributed by atoms with van der Waals surface area (Å²) in [5, 5.41) is 7.24. The molecule has 4 rings (SSSR count). The summed E-state index contributed by atoms with van der Waals surface area (Å²) in [5.41, 5.74) is 2.44. The fraction of sp³-hybridized carbons (Fsp3) is 0.273. The number of aromatic nitrogens is 1. The van der Waals surface area contributed by atoms with Gasteiger partial charge in [-0.2, -0.15) is 0 Å². The van der Waals surface area contributed by atoms with Crippen molar-refractivity contribution in [2.75, 3.05) is 19.0 Å². The van der Waals surface area contributed by atoms with Gasteiger partial charge < -0.3 is 20.1 Å². The predicted octanol–water partition coefficient (Wildman–Crippen LogP) is 3.51. The minimum Gasteiger partial charge on any atom is -0.493 e. The van der Waals surface area contributed by atoms with Crippen molar-refractivity contribution in [2.45, 2.75) is 25.5 Å². The Balaban J connectivity index is 1.48. The van der Waals surface area contributed by atoms with Gasteiger partial charge in [-0.05, 0) is 43.7 Å². The lowest BCUT2D eigenvalue weighted by atomic mass is 10.2. The molecule has 1 atom stereocenters. The van der Waals surface area contributed by atoms with E-state index in [1.165, 1.54) is 0 Å². The molecule has 1 unspecified atom stereocenters. The number of hydrogen-bond acceptors (Lipinski definition) is 5. The number of nitrogens with one attached hydrogen (secondary N) is 2. The molecule has 2 aromatic carbocycles. The normalized spacial score (nSPS) is 16.1. The number of rotatable bonds is 6. The van der Waals surface area contributed by atoms with E-state index in [0.29, 0.717) is 23.8 Å². The third-order valence-electron chi connectivity index (χ3n) is 4.84. The summed E-state index contributed by atoms with van der Waals surface area (Å²) >= 11 is 0. The third kappa shape index (κ3) is 4.07. The molecule has 0 spiro atoms. The zero-order valence-corrected chi connectivity index (χ0v) is 15.8. The minimum atomic E-state index is -0.131. The Hall–Kier alpha value is -3.12. The van der Waals surface area contributed by atoms with E-state index in [2.05, 4.69) is 15.6 Å². The van der Waals surface area contributed by atoms with E-state index in [0.717, 1.165) is 36.0 Å². The molecule has 1 saturated heterocycles. The molecule has 3 aromatic rings. The Morgan fingerprint density at radius 2 is 2.07 bits per heavy atom. The number of benzene rings is 2. The lowest BCUT2D eigenvalue weighted by Gasteiger charge is -2.15. The van der Waals surface area contributed by atoms with Crippen LogP contribution in [0.5, 0.6) is 11.5 Å². The van der Waals surface area contributed by atoms with Crippen LogP contribution in [0.3, 0.4) is 0 Å². The molecule has 0 saturated carbocycles. The molecular weight excluding hydrogens is 354 g/mol. The average Bonchev–Trinajstić information content (AvgIpc) is 3.27. The van der Waals surface area contributed by atoms with Crippen molar-refractivity contribution >= 4 is 22.5 Å². The molecule has 0 bridgehead atoms. The molecule has 144 valence electrons. The Bertz CT molecular complexity index is 984. The van der Waals surface area contributed by atoms with Crippen LogP contribution in [0.25, 0.3) is 10.9 Å². The highest BCUT2D eigenvalue weighted by Crippen LogP contribution is 2.31. The van der Waals surface area contributed by atoms with Gasteiger partial charge >= 0.3 is 0 Å². The standard InChI is InChI=1S/C22H23N3O3/c1-27-20-11-10-16(25-22(26)19-7-4-12-23-19)13-21(20)28-14-17-9-8-15-5-2-3-6-18(15)24-17/h2-3,5-6,8-11,13,19,23H,4,7,12,14H2,1H3,(H,25,26). The minimum absolute atomic E-state index is 0.0233. The summed E-state index contributed by atoms with van der Waals surface area (Å²) in [4.78, 5) is 17.0. The number of methoxy groups -OCH3 is 1. The number of anilines is 1. The number of pyridine rings is 1. The van der Waals surface area contributed by atoms with E-state index >= 15 is 0 Å². The highest BCUT2D eigenvalue weighted by atomic mass is 16.5. The molecule has 6 nitrogen and oxygen atoms in total. The maximum Gasteiger partial charge on any atom is 0.241 e. The SMILES string of the molecule is COc1ccc(NC(=O)C2CCCN2)cc1OCc1ccc2ccccc2n1. The van der Waals surface area contributed by atoms with Gasteiger partial charge in [0.05, 0.1) is 24.4 Å². The lowest BCUT2D eigenvalue weighted by molar-refractivity contribution is -0.117. The first-order valence-electron chi connectivity index (χ1n) is 9.43. The summed E-state index contributed by atoms with van der Waals surface area (Å²) in [6.45, 7) is 1.19. The first-order chi connectivity index (χ1) is 13.7. The van der Waals surface area contributed by atoms with Crippen LogP contribution in [0.15, 0.2) is 54.6 Å². The van der Waals surface area contributed by atoms with Crippen LogP contribution in [-0.4, -0.2) is 30.6 Å². The Labute approximate surface area is 163 Å². The van der Waals surface area contributed by atoms with Crippen molar-refractivity contribution in [1.29, 1.82) is 0 Å². The number of ether oxygens (including phenoxy) is 2. The molecule has 1 aromatic heterocycles. The fourth-order valence-electron chi connectivity index (χ4n) is 3.35. The molecule has 1 amide bonds. The van der Waals surface area contributed by atoms with Gasteiger partial charge in [0.1, 0.15) is 6.61 Å². The van der Waals surface area contributed by atoms with Crippen molar-refractivity contribution in [2.24, 2.45) is 0 Å². The van der Waals surface area contributed by atoms with E-state index < -0.39 is 0 Å². The number of carbonyl (C=O) groups is 1. The largest absolute Gasteiger partial charge is 0.493 e. The van der Waals surface area contributed by atoms with E-state index in [9.17, 15) is 4.79 Å². The third-order valence-corrected chi connectivity index (χ3v) is 4.84. The van der Waals surface area contributed by atoms with Crippen molar-refractivity contribution in [3.05, 3.63) is 60.3 Å². The van der Waals surface area contributed by atoms with Gasteiger partial charge in [-0.25, -0.2) is 4.98 Å². The zero-order valence-electron chi connectivity index (χ0n) is 15.8. The molecule has 1 fully saturated rings. The number of nitrogens with zero attached hydrogens (tertiary/aromatic N) is 1. The predicted molar refractivity (Wildman–Crippen MR) is 109 cm³/mol. The second-order valence-electron chi connectivity index (χ2n) is 6.79. The van der Waals surface area contributed by atoms with Crippen molar-refractivity contribution in [3.63, 3.8) is 0 Å². The maximum atomic E-state index is 12.3. The van der Waals surface area contributed by atoms with E-state index in [4.69, 9.17) is 9.47 Å². The molecule has 2 N–H and O–H groups in total. The summed E-state index contributed by atoms with van der Waals surface area (Å²) in [6, 6.07) is 17.2. The molecule has 2 heterocycles. The molecule has 28 heavy (non-hydrogen) atoms. The highest BCUT2D eigenvalue weighted by molar-refractivity contribution is 5.95. The van der Waals surface area contributed by atoms with Crippen LogP contribution in [-0.2, 0) is 11.4 Å². The number of fused-ring (bicyclic) bond motifs is 1. The topological polar surface area (TPSA) is 72.5 Å². The molecular formula is C22H23N3O3. The lowest BCUT2D eigenvalue weighted by Crippen LogP contribution is -2.35. The maximum absolute atomic E-state index is 12.3. The summed E-state index contributed by atoms with van der Waals surface area (Å²) in [5.74, 6) is 1.15. The monoisotopic (exact) mass is 377 g/mol. The van der Waals surface area contributed by atoms with Crippen LogP contribution in [0, 0.1) is 0 Å². The zero-order chi connectivity index (χ0) is 19.3. The van der Waals surface area contributed by atoms with E-state index in [1.807, 2.05) is 42.5 Å². The van der Waals surface area contributed by atoms with Crippen LogP contribution in [0.2, 0.25) is 0 Å². The molecule has 6 heteroatoms. The number of amides is 1. The van der Waals surface area contributed by atoms with Crippen LogP contribution in [0.4, 0.5) is 5.69 Å². The van der Waals surface area contributed by atoms with Crippen LogP contribution < -0.4 is 20.1 Å². The smallest absolute Gasteiger partial charge is 0.241 e. The molecule has 1 aliphatic rings. The Morgan fingerprint density at radius 1 is 1.18 bits per heavy atom. The number of hydrogen-bond donors (Lipinski definition) is 2. The first-order valence-corrected chi connectivity index (χ1v) is 9.43. The molecule has 0 radical (unpaired) electrons. The van der Waals surface area contributed by atoms with E-state index in [-0.39, 0.29) is 11.9 Å². The first kappa shape index (κ1) is 18.3. The van der Waals surface area contributed by atoms with Crippen LogP contribution in [0.1, 0.15) is 18.5 Å². The van der Waals surface area contributed by atoms with Gasteiger partial charge in [0.2, 0.25) is 5.91 Å².